The van der Waals surface area contributed by atoms with Gasteiger partial charge in [-0.1, -0.05) is 47.5 Å². The van der Waals surface area contributed by atoms with Crippen molar-refractivity contribution in [3.05, 3.63) is 154 Å². The van der Waals surface area contributed by atoms with Crippen molar-refractivity contribution in [3.8, 4) is 11.4 Å². The second-order valence-electron chi connectivity index (χ2n) is 12.9. The minimum atomic E-state index is 0.844. The number of anilines is 2. The minimum Gasteiger partial charge on any atom is -0.349 e. The van der Waals surface area contributed by atoms with Crippen molar-refractivity contribution in [3.63, 3.8) is 0 Å². The van der Waals surface area contributed by atoms with Gasteiger partial charge < -0.3 is 5.32 Å². The molecule has 0 radical (unpaired) electrons. The van der Waals surface area contributed by atoms with Gasteiger partial charge in [0.25, 0.3) is 0 Å². The van der Waals surface area contributed by atoms with Crippen molar-refractivity contribution >= 4 is 11.4 Å². The van der Waals surface area contributed by atoms with Gasteiger partial charge in [-0.05, 0) is 124 Å². The van der Waals surface area contributed by atoms with Crippen LogP contribution < -0.4 is 14.5 Å². The molecule has 0 fully saturated rings. The largest absolute Gasteiger partial charge is 0.349 e. The van der Waals surface area contributed by atoms with Crippen LogP contribution in [0.2, 0.25) is 0 Å². The van der Waals surface area contributed by atoms with Gasteiger partial charge in [-0.25, -0.2) is 18.3 Å². The molecule has 5 nitrogen and oxygen atoms in total. The lowest BCUT2D eigenvalue weighted by atomic mass is 10.00. The van der Waals surface area contributed by atoms with Gasteiger partial charge in [-0.2, -0.15) is 0 Å². The molecule has 6 aromatic rings. The van der Waals surface area contributed by atoms with Crippen LogP contribution in [-0.2, 0) is 13.1 Å². The number of aromatic nitrogens is 4. The van der Waals surface area contributed by atoms with Crippen LogP contribution in [0, 0.1) is 55.4 Å². The van der Waals surface area contributed by atoms with Gasteiger partial charge >= 0.3 is 0 Å². The summed E-state index contributed by atoms with van der Waals surface area (Å²) in [6.45, 7) is 19.2. The Morgan fingerprint density at radius 2 is 0.867 bits per heavy atom. The van der Waals surface area contributed by atoms with E-state index in [1.807, 2.05) is 0 Å². The van der Waals surface area contributed by atoms with Crippen LogP contribution >= 0.6 is 0 Å². The van der Waals surface area contributed by atoms with Crippen LogP contribution in [0.25, 0.3) is 11.4 Å². The fourth-order valence-corrected chi connectivity index (χ4v) is 6.61. The van der Waals surface area contributed by atoms with E-state index in [9.17, 15) is 0 Å². The number of hydrogen-bond acceptors (Lipinski definition) is 1. The number of hydrogen-bond donors (Lipinski definition) is 1. The number of rotatable bonds is 8. The van der Waals surface area contributed by atoms with Crippen LogP contribution in [0.1, 0.15) is 55.6 Å². The predicted octanol–water partition coefficient (Wildman–Crippen LogP) is 8.15. The Hall–Kier alpha value is -4.90. The monoisotopic (exact) mass is 595 g/mol. The van der Waals surface area contributed by atoms with Crippen LogP contribution in [0.15, 0.2) is 98.1 Å². The molecule has 0 aliphatic rings. The zero-order chi connectivity index (χ0) is 31.8. The molecule has 0 amide bonds. The summed E-state index contributed by atoms with van der Waals surface area (Å²) in [4.78, 5) is 0. The Bertz CT molecular complexity index is 1830. The van der Waals surface area contributed by atoms with Gasteiger partial charge in [0.2, 0.25) is 12.7 Å². The smallest absolute Gasteiger partial charge is 0.249 e. The van der Waals surface area contributed by atoms with Gasteiger partial charge in [0.15, 0.2) is 11.4 Å². The molecule has 5 heteroatoms. The molecular weight excluding hydrogens is 550 g/mol. The number of benzene rings is 4. The molecule has 0 spiro atoms. The maximum Gasteiger partial charge on any atom is 0.249 e. The van der Waals surface area contributed by atoms with Gasteiger partial charge in [0, 0.05) is 0 Å². The first-order valence-corrected chi connectivity index (χ1v) is 15.8. The Kier molecular flexibility index (Phi) is 8.20. The molecule has 4 aromatic carbocycles. The molecule has 2 heterocycles. The molecule has 2 aromatic heterocycles. The fourth-order valence-electron chi connectivity index (χ4n) is 6.61. The van der Waals surface area contributed by atoms with Crippen molar-refractivity contribution in [2.45, 2.75) is 68.5 Å². The van der Waals surface area contributed by atoms with Gasteiger partial charge in [-0.3, -0.25) is 0 Å². The summed E-state index contributed by atoms with van der Waals surface area (Å²) in [6.07, 6.45) is 13.0. The minimum absolute atomic E-state index is 0.844. The lowest BCUT2D eigenvalue weighted by Gasteiger charge is -2.13. The Morgan fingerprint density at radius 3 is 1.24 bits per heavy atom. The summed E-state index contributed by atoms with van der Waals surface area (Å²) in [5.74, 6) is 0. The Balaban J connectivity index is 1.30. The third-order valence-corrected chi connectivity index (χ3v) is 8.88. The van der Waals surface area contributed by atoms with Crippen molar-refractivity contribution in [2.24, 2.45) is 0 Å². The molecule has 0 bridgehead atoms. The molecule has 45 heavy (non-hydrogen) atoms. The number of aryl methyl sites for hydroxylation is 8. The predicted molar refractivity (Wildman–Crippen MR) is 184 cm³/mol. The highest BCUT2D eigenvalue weighted by molar-refractivity contribution is 5.75. The first-order chi connectivity index (χ1) is 21.5. The summed E-state index contributed by atoms with van der Waals surface area (Å²) < 4.78 is 8.98. The number of imidazole rings is 2. The van der Waals surface area contributed by atoms with E-state index >= 15 is 0 Å². The van der Waals surface area contributed by atoms with E-state index in [4.69, 9.17) is 0 Å². The maximum absolute atomic E-state index is 3.80. The lowest BCUT2D eigenvalue weighted by Crippen LogP contribution is -2.32. The molecule has 0 saturated heterocycles. The molecule has 6 rings (SSSR count). The zero-order valence-corrected chi connectivity index (χ0v) is 27.9. The lowest BCUT2D eigenvalue weighted by molar-refractivity contribution is -0.687. The van der Waals surface area contributed by atoms with Crippen molar-refractivity contribution in [1.29, 1.82) is 0 Å². The Labute approximate surface area is 268 Å². The van der Waals surface area contributed by atoms with Crippen molar-refractivity contribution in [1.82, 2.24) is 9.13 Å². The molecule has 0 aliphatic heterocycles. The average Bonchev–Trinajstić information content (AvgIpc) is 3.64. The van der Waals surface area contributed by atoms with E-state index in [1.165, 1.54) is 55.6 Å². The third kappa shape index (κ3) is 6.48. The van der Waals surface area contributed by atoms with Gasteiger partial charge in [0.1, 0.15) is 37.9 Å². The molecule has 0 aliphatic carbocycles. The average molecular weight is 596 g/mol. The van der Waals surface area contributed by atoms with E-state index in [2.05, 4.69) is 177 Å². The van der Waals surface area contributed by atoms with Crippen LogP contribution in [0.3, 0.4) is 0 Å². The molecule has 0 saturated carbocycles. The summed E-state index contributed by atoms with van der Waals surface area (Å²) in [7, 11) is 0. The summed E-state index contributed by atoms with van der Waals surface area (Å²) >= 11 is 0. The van der Waals surface area contributed by atoms with Gasteiger partial charge in [0.05, 0.1) is 11.4 Å². The molecule has 1 N–H and O–H groups in total. The fraction of sp³-hybridized carbons (Fsp3) is 0.250. The van der Waals surface area contributed by atoms with E-state index in [1.54, 1.807) is 0 Å². The highest BCUT2D eigenvalue weighted by Crippen LogP contribution is 2.30. The van der Waals surface area contributed by atoms with Crippen LogP contribution in [-0.4, -0.2) is 9.13 Å². The third-order valence-electron chi connectivity index (χ3n) is 8.88. The van der Waals surface area contributed by atoms with Crippen LogP contribution in [0.5, 0.6) is 0 Å². The summed E-state index contributed by atoms with van der Waals surface area (Å²) in [5, 5.41) is 3.80. The summed E-state index contributed by atoms with van der Waals surface area (Å²) in [5.41, 5.74) is 17.5. The molecular formula is C40H45N5+2. The number of nitrogens with zero attached hydrogens (tertiary/aromatic N) is 4. The molecule has 0 atom stereocenters. The Morgan fingerprint density at radius 1 is 0.489 bits per heavy atom. The van der Waals surface area contributed by atoms with E-state index in [-0.39, 0.29) is 0 Å². The van der Waals surface area contributed by atoms with E-state index < -0.39 is 0 Å². The molecule has 0 unspecified atom stereocenters. The highest BCUT2D eigenvalue weighted by atomic mass is 15.1. The van der Waals surface area contributed by atoms with E-state index in [0.717, 1.165) is 35.8 Å². The standard InChI is InChI=1S/C40H45N5/c1-27-9-11-37(39(21-27)44-15-13-42(25-44)23-35-31(5)17-29(3)18-32(35)6)41-38-12-10-28(2)22-40(38)45-16-14-43(26-45)24-36-33(7)19-30(4)20-34(36)8/h9-22,25-26,41H,23-24H2,1-8H3/q+2. The normalized spacial score (nSPS) is 11.3. The van der Waals surface area contributed by atoms with Crippen molar-refractivity contribution in [2.75, 3.05) is 5.32 Å². The van der Waals surface area contributed by atoms with Crippen LogP contribution in [0.4, 0.5) is 11.4 Å². The first-order valence-electron chi connectivity index (χ1n) is 15.8. The number of nitrogens with one attached hydrogen (secondary N) is 1. The SMILES string of the molecule is Cc1cc(C)c(C[n+]2ccn(-c3cc(C)ccc3Nc3ccc(C)cc3-n3cc[n+](Cc4c(C)cc(C)cc4C)c3)c2)c(C)c1. The first kappa shape index (κ1) is 30.1. The second-order valence-corrected chi connectivity index (χ2v) is 12.9. The second kappa shape index (κ2) is 12.2. The summed E-state index contributed by atoms with van der Waals surface area (Å²) in [6, 6.07) is 22.3. The van der Waals surface area contributed by atoms with Crippen molar-refractivity contribution < 1.29 is 9.13 Å². The highest BCUT2D eigenvalue weighted by Gasteiger charge is 2.18. The quantitative estimate of drug-likeness (QED) is 0.177. The van der Waals surface area contributed by atoms with Gasteiger partial charge in [-0.15, -0.1) is 0 Å². The molecule has 228 valence electrons. The topological polar surface area (TPSA) is 29.6 Å². The maximum atomic E-state index is 3.80. The van der Waals surface area contributed by atoms with E-state index in [0.29, 0.717) is 0 Å². The zero-order valence-electron chi connectivity index (χ0n) is 27.9.